The molecule has 13 heavy (non-hydrogen) atoms. The van der Waals surface area contributed by atoms with Gasteiger partial charge in [-0.2, -0.15) is 0 Å². The van der Waals surface area contributed by atoms with E-state index in [0.29, 0.717) is 6.54 Å². The molecule has 0 bridgehead atoms. The Morgan fingerprint density at radius 1 is 1.69 bits per heavy atom. The molecule has 1 aromatic rings. The van der Waals surface area contributed by atoms with E-state index in [-0.39, 0.29) is 22.0 Å². The average Bonchev–Trinajstić information content (AvgIpc) is 2.43. The Morgan fingerprint density at radius 2 is 2.38 bits per heavy atom. The summed E-state index contributed by atoms with van der Waals surface area (Å²) in [5, 5.41) is 2.77. The number of halogens is 2. The van der Waals surface area contributed by atoms with Gasteiger partial charge in [0.1, 0.15) is 5.15 Å². The third-order valence-corrected chi connectivity index (χ3v) is 1.88. The van der Waals surface area contributed by atoms with Gasteiger partial charge in [-0.05, 0) is 0 Å². The number of rotatable bonds is 3. The number of carbonyl (C=O) groups is 1. The highest BCUT2D eigenvalue weighted by molar-refractivity contribution is 6.40. The number of carbonyl (C=O) groups excluding carboxylic acids is 1. The summed E-state index contributed by atoms with van der Waals surface area (Å²) in [6.07, 6.45) is 1.56. The number of aromatic amines is 1. The van der Waals surface area contributed by atoms with E-state index < -0.39 is 0 Å². The first-order valence-electron chi connectivity index (χ1n) is 3.45. The summed E-state index contributed by atoms with van der Waals surface area (Å²) in [7, 11) is 0. The topological polar surface area (TPSA) is 57.8 Å². The Morgan fingerprint density at radius 3 is 2.85 bits per heavy atom. The highest BCUT2D eigenvalue weighted by atomic mass is 35.5. The molecular formula is C7H7Cl2N3O. The zero-order valence-corrected chi connectivity index (χ0v) is 8.11. The second-order valence-corrected chi connectivity index (χ2v) is 2.92. The molecule has 0 radical (unpaired) electrons. The van der Waals surface area contributed by atoms with Gasteiger partial charge in [-0.25, -0.2) is 4.98 Å². The maximum absolute atomic E-state index is 11.2. The van der Waals surface area contributed by atoms with Crippen molar-refractivity contribution in [2.75, 3.05) is 6.54 Å². The number of nitrogens with zero attached hydrogens (tertiary/aromatic N) is 1. The molecule has 0 aliphatic carbocycles. The van der Waals surface area contributed by atoms with Crippen LogP contribution in [-0.2, 0) is 0 Å². The van der Waals surface area contributed by atoms with Crippen LogP contribution in [-0.4, -0.2) is 22.4 Å². The van der Waals surface area contributed by atoms with Crippen molar-refractivity contribution in [3.8, 4) is 0 Å². The van der Waals surface area contributed by atoms with E-state index in [1.54, 1.807) is 6.08 Å². The van der Waals surface area contributed by atoms with Crippen LogP contribution >= 0.6 is 23.2 Å². The third-order valence-electron chi connectivity index (χ3n) is 1.24. The molecule has 0 saturated heterocycles. The Labute approximate surface area is 84.9 Å². The van der Waals surface area contributed by atoms with Gasteiger partial charge in [-0.1, -0.05) is 29.3 Å². The zero-order chi connectivity index (χ0) is 9.84. The molecule has 0 aliphatic rings. The van der Waals surface area contributed by atoms with Crippen molar-refractivity contribution in [3.63, 3.8) is 0 Å². The first-order valence-corrected chi connectivity index (χ1v) is 4.21. The normalized spacial score (nSPS) is 9.69. The van der Waals surface area contributed by atoms with E-state index in [4.69, 9.17) is 23.2 Å². The molecule has 1 heterocycles. The minimum Gasteiger partial charge on any atom is -0.346 e. The second kappa shape index (κ2) is 4.30. The highest BCUT2D eigenvalue weighted by Crippen LogP contribution is 2.17. The van der Waals surface area contributed by atoms with Crippen LogP contribution in [0, 0.1) is 0 Å². The monoisotopic (exact) mass is 219 g/mol. The molecule has 0 saturated carbocycles. The second-order valence-electron chi connectivity index (χ2n) is 2.19. The lowest BCUT2D eigenvalue weighted by atomic mass is 10.5. The van der Waals surface area contributed by atoms with Crippen molar-refractivity contribution >= 4 is 29.1 Å². The van der Waals surface area contributed by atoms with Gasteiger partial charge >= 0.3 is 0 Å². The summed E-state index contributed by atoms with van der Waals surface area (Å²) in [5.41, 5.74) is 0. The molecule has 6 heteroatoms. The molecule has 1 amide bonds. The lowest BCUT2D eigenvalue weighted by molar-refractivity contribution is 0.0948. The molecule has 0 aliphatic heterocycles. The van der Waals surface area contributed by atoms with Gasteiger partial charge in [0.15, 0.2) is 11.0 Å². The number of aromatic nitrogens is 2. The van der Waals surface area contributed by atoms with Crippen molar-refractivity contribution in [2.45, 2.75) is 0 Å². The van der Waals surface area contributed by atoms with Crippen molar-refractivity contribution < 1.29 is 4.79 Å². The largest absolute Gasteiger partial charge is 0.346 e. The van der Waals surface area contributed by atoms with Crippen molar-refractivity contribution in [1.82, 2.24) is 15.3 Å². The number of amides is 1. The molecule has 0 atom stereocenters. The van der Waals surface area contributed by atoms with Crippen molar-refractivity contribution in [3.05, 3.63) is 28.8 Å². The summed E-state index contributed by atoms with van der Waals surface area (Å²) >= 11 is 11.1. The fraction of sp³-hybridized carbons (Fsp3) is 0.143. The van der Waals surface area contributed by atoms with E-state index in [2.05, 4.69) is 21.9 Å². The highest BCUT2D eigenvalue weighted by Gasteiger charge is 2.11. The SMILES string of the molecule is C=CCNC(=O)c1nc(Cl)c(Cl)[nH]1. The van der Waals surface area contributed by atoms with E-state index >= 15 is 0 Å². The minimum absolute atomic E-state index is 0.0884. The minimum atomic E-state index is -0.367. The smallest absolute Gasteiger partial charge is 0.287 e. The maximum atomic E-state index is 11.2. The van der Waals surface area contributed by atoms with E-state index in [1.807, 2.05) is 0 Å². The van der Waals surface area contributed by atoms with Crippen LogP contribution in [0.25, 0.3) is 0 Å². The van der Waals surface area contributed by atoms with Crippen LogP contribution in [0.4, 0.5) is 0 Å². The first kappa shape index (κ1) is 10.1. The van der Waals surface area contributed by atoms with E-state index in [1.165, 1.54) is 0 Å². The van der Waals surface area contributed by atoms with Crippen LogP contribution in [0.5, 0.6) is 0 Å². The van der Waals surface area contributed by atoms with Gasteiger partial charge in [0.25, 0.3) is 5.91 Å². The predicted molar refractivity (Wildman–Crippen MR) is 51.1 cm³/mol. The number of H-pyrrole nitrogens is 1. The van der Waals surface area contributed by atoms with Gasteiger partial charge in [-0.15, -0.1) is 6.58 Å². The summed E-state index contributed by atoms with van der Waals surface area (Å²) < 4.78 is 0. The van der Waals surface area contributed by atoms with Crippen molar-refractivity contribution in [2.24, 2.45) is 0 Å². The van der Waals surface area contributed by atoms with Gasteiger partial charge < -0.3 is 10.3 Å². The van der Waals surface area contributed by atoms with Gasteiger partial charge in [0.2, 0.25) is 0 Å². The number of hydrogen-bond acceptors (Lipinski definition) is 2. The van der Waals surface area contributed by atoms with Crippen LogP contribution < -0.4 is 5.32 Å². The van der Waals surface area contributed by atoms with Crippen LogP contribution in [0.3, 0.4) is 0 Å². The molecule has 1 rings (SSSR count). The van der Waals surface area contributed by atoms with Gasteiger partial charge in [-0.3, -0.25) is 4.79 Å². The summed E-state index contributed by atoms with van der Waals surface area (Å²) in [6.45, 7) is 3.82. The Balaban J connectivity index is 2.71. The number of hydrogen-bond donors (Lipinski definition) is 2. The molecule has 0 unspecified atom stereocenters. The predicted octanol–water partition coefficient (Wildman–Crippen LogP) is 1.63. The molecular weight excluding hydrogens is 213 g/mol. The first-order chi connectivity index (χ1) is 6.15. The quantitative estimate of drug-likeness (QED) is 0.760. The molecule has 1 aromatic heterocycles. The molecule has 0 aromatic carbocycles. The Bertz CT molecular complexity index is 315. The van der Waals surface area contributed by atoms with Crippen LogP contribution in [0.2, 0.25) is 10.3 Å². The van der Waals surface area contributed by atoms with Crippen LogP contribution in [0.1, 0.15) is 10.6 Å². The molecule has 2 N–H and O–H groups in total. The summed E-state index contributed by atoms with van der Waals surface area (Å²) in [4.78, 5) is 17.4. The lowest BCUT2D eigenvalue weighted by Gasteiger charge is -1.96. The fourth-order valence-corrected chi connectivity index (χ4v) is 0.950. The van der Waals surface area contributed by atoms with E-state index in [9.17, 15) is 4.79 Å². The number of nitrogens with one attached hydrogen (secondary N) is 2. The van der Waals surface area contributed by atoms with Gasteiger partial charge in [0, 0.05) is 6.54 Å². The Hall–Kier alpha value is -1.000. The fourth-order valence-electron chi connectivity index (χ4n) is 0.687. The molecule has 70 valence electrons. The standard InChI is InChI=1S/C7H7Cl2N3O/c1-2-3-10-7(13)6-11-4(8)5(9)12-6/h2H,1,3H2,(H,10,13)(H,11,12). The van der Waals surface area contributed by atoms with E-state index in [0.717, 1.165) is 0 Å². The molecule has 0 fully saturated rings. The Kier molecular flexibility index (Phi) is 3.33. The number of imidazole rings is 1. The lowest BCUT2D eigenvalue weighted by Crippen LogP contribution is -2.24. The summed E-state index contributed by atoms with van der Waals surface area (Å²) in [5.74, 6) is -0.273. The van der Waals surface area contributed by atoms with Crippen LogP contribution in [0.15, 0.2) is 12.7 Å². The molecule has 0 spiro atoms. The molecule has 4 nitrogen and oxygen atoms in total. The zero-order valence-electron chi connectivity index (χ0n) is 6.60. The van der Waals surface area contributed by atoms with Crippen molar-refractivity contribution in [1.29, 1.82) is 0 Å². The summed E-state index contributed by atoms with van der Waals surface area (Å²) in [6, 6.07) is 0. The third kappa shape index (κ3) is 2.47. The maximum Gasteiger partial charge on any atom is 0.287 e. The van der Waals surface area contributed by atoms with Gasteiger partial charge in [0.05, 0.1) is 0 Å². The average molecular weight is 220 g/mol.